The van der Waals surface area contributed by atoms with Crippen LogP contribution >= 0.6 is 0 Å². The lowest BCUT2D eigenvalue weighted by Crippen LogP contribution is -2.39. The van der Waals surface area contributed by atoms with Gasteiger partial charge >= 0.3 is 0 Å². The number of nitrogens with zero attached hydrogens (tertiary/aromatic N) is 1. The Balaban J connectivity index is 2.10. The second kappa shape index (κ2) is 15.9. The van der Waals surface area contributed by atoms with E-state index in [9.17, 15) is 4.79 Å². The van der Waals surface area contributed by atoms with Crippen molar-refractivity contribution in [3.8, 4) is 0 Å². The molecule has 1 rings (SSSR count). The van der Waals surface area contributed by atoms with Crippen molar-refractivity contribution in [2.75, 3.05) is 19.6 Å². The maximum Gasteiger partial charge on any atom is 0.243 e. The number of likely N-dealkylation sites (tertiary alicyclic amines) is 1. The van der Waals surface area contributed by atoms with Gasteiger partial charge in [0.05, 0.1) is 0 Å². The van der Waals surface area contributed by atoms with Crippen molar-refractivity contribution in [3.63, 3.8) is 0 Å². The van der Waals surface area contributed by atoms with Crippen molar-refractivity contribution in [1.82, 2.24) is 10.2 Å². The third-order valence-electron chi connectivity index (χ3n) is 6.93. The van der Waals surface area contributed by atoms with Crippen molar-refractivity contribution >= 4 is 5.91 Å². The maximum absolute atomic E-state index is 12.2. The van der Waals surface area contributed by atoms with Crippen molar-refractivity contribution in [2.45, 2.75) is 118 Å². The minimum atomic E-state index is 0.0926. The first kappa shape index (κ1) is 27.2. The molecule has 176 valence electrons. The fraction of sp³-hybridized carbons (Fsp3) is 0.889. The van der Waals surface area contributed by atoms with Gasteiger partial charge in [0.1, 0.15) is 0 Å². The van der Waals surface area contributed by atoms with E-state index in [1.165, 1.54) is 76.3 Å². The predicted octanol–water partition coefficient (Wildman–Crippen LogP) is 6.97. The molecule has 0 bridgehead atoms. The second-order valence-electron chi connectivity index (χ2n) is 10.5. The number of nitrogens with one attached hydrogen (secondary N) is 1. The van der Waals surface area contributed by atoms with Crippen LogP contribution in [0.1, 0.15) is 112 Å². The molecule has 1 N–H and O–H groups in total. The van der Waals surface area contributed by atoms with Crippen LogP contribution in [-0.2, 0) is 4.79 Å². The zero-order chi connectivity index (χ0) is 22.4. The first-order valence-corrected chi connectivity index (χ1v) is 13.0. The number of carbonyl (C=O) groups is 1. The molecule has 30 heavy (non-hydrogen) atoms. The zero-order valence-electron chi connectivity index (χ0n) is 21.1. The molecule has 0 radical (unpaired) electrons. The fourth-order valence-electron chi connectivity index (χ4n) is 4.82. The highest BCUT2D eigenvalue weighted by atomic mass is 16.1. The fourth-order valence-corrected chi connectivity index (χ4v) is 4.82. The average molecular weight is 421 g/mol. The Labute approximate surface area is 188 Å². The first-order valence-electron chi connectivity index (χ1n) is 13.0. The molecule has 0 aromatic carbocycles. The van der Waals surface area contributed by atoms with E-state index in [0.29, 0.717) is 6.04 Å². The van der Waals surface area contributed by atoms with Gasteiger partial charge in [-0.2, -0.15) is 0 Å². The van der Waals surface area contributed by atoms with Gasteiger partial charge in [0.25, 0.3) is 0 Å². The Morgan fingerprint density at radius 3 is 2.20 bits per heavy atom. The number of allylic oxidation sites excluding steroid dienone is 1. The summed E-state index contributed by atoms with van der Waals surface area (Å²) < 4.78 is 0. The summed E-state index contributed by atoms with van der Waals surface area (Å²) in [6.07, 6.45) is 16.1. The van der Waals surface area contributed by atoms with E-state index < -0.39 is 0 Å². The average Bonchev–Trinajstić information content (AvgIpc) is 3.13. The van der Waals surface area contributed by atoms with Crippen molar-refractivity contribution in [1.29, 1.82) is 0 Å². The summed E-state index contributed by atoms with van der Waals surface area (Å²) in [7, 11) is 0. The molecule has 0 aromatic heterocycles. The summed E-state index contributed by atoms with van der Waals surface area (Å²) >= 11 is 0. The lowest BCUT2D eigenvalue weighted by molar-refractivity contribution is -0.116. The van der Waals surface area contributed by atoms with E-state index in [0.717, 1.165) is 37.3 Å². The van der Waals surface area contributed by atoms with Crippen LogP contribution in [0, 0.1) is 17.8 Å². The highest BCUT2D eigenvalue weighted by Gasteiger charge is 2.22. The molecule has 0 spiro atoms. The highest BCUT2D eigenvalue weighted by molar-refractivity contribution is 5.88. The van der Waals surface area contributed by atoms with Crippen LogP contribution in [-0.4, -0.2) is 36.5 Å². The second-order valence-corrected chi connectivity index (χ2v) is 10.5. The Kier molecular flexibility index (Phi) is 14.4. The number of hydrogen-bond donors (Lipinski definition) is 1. The van der Waals surface area contributed by atoms with E-state index in [4.69, 9.17) is 0 Å². The number of amides is 1. The molecular formula is C27H52N2O. The third-order valence-corrected chi connectivity index (χ3v) is 6.93. The molecule has 0 aromatic rings. The van der Waals surface area contributed by atoms with E-state index in [1.54, 1.807) is 0 Å². The van der Waals surface area contributed by atoms with Crippen LogP contribution in [0.15, 0.2) is 11.6 Å². The third kappa shape index (κ3) is 12.8. The monoisotopic (exact) mass is 420 g/mol. The van der Waals surface area contributed by atoms with Crippen LogP contribution in [0.4, 0.5) is 0 Å². The Bertz CT molecular complexity index is 485. The molecule has 1 saturated heterocycles. The standard InChI is InChI=1S/C27H52N2O/c1-7-29-19-11-18-26(29)21-28-27(30)20-25(6)17-10-16-24(5)15-9-14-23(4)13-8-12-22(2)3/h20,22-24,26H,7-19,21H2,1-6H3,(H,28,30)/b25-20+. The van der Waals surface area contributed by atoms with Gasteiger partial charge in [-0.15, -0.1) is 0 Å². The van der Waals surface area contributed by atoms with E-state index in [-0.39, 0.29) is 5.91 Å². The molecule has 0 saturated carbocycles. The minimum Gasteiger partial charge on any atom is -0.351 e. The summed E-state index contributed by atoms with van der Waals surface area (Å²) in [5.74, 6) is 2.62. The van der Waals surface area contributed by atoms with Crippen LogP contribution in [0.3, 0.4) is 0 Å². The van der Waals surface area contributed by atoms with Crippen LogP contribution in [0.5, 0.6) is 0 Å². The summed E-state index contributed by atoms with van der Waals surface area (Å²) in [5, 5.41) is 3.12. The largest absolute Gasteiger partial charge is 0.351 e. The summed E-state index contributed by atoms with van der Waals surface area (Å²) in [6, 6.07) is 0.534. The van der Waals surface area contributed by atoms with Crippen LogP contribution < -0.4 is 5.32 Å². The predicted molar refractivity (Wildman–Crippen MR) is 132 cm³/mol. The number of rotatable bonds is 16. The Morgan fingerprint density at radius 2 is 1.60 bits per heavy atom. The number of carbonyl (C=O) groups excluding carboxylic acids is 1. The molecule has 0 aliphatic carbocycles. The molecule has 1 fully saturated rings. The van der Waals surface area contributed by atoms with E-state index in [1.807, 2.05) is 6.08 Å². The highest BCUT2D eigenvalue weighted by Crippen LogP contribution is 2.22. The van der Waals surface area contributed by atoms with Crippen molar-refractivity contribution in [2.24, 2.45) is 17.8 Å². The Morgan fingerprint density at radius 1 is 1.00 bits per heavy atom. The molecule has 3 unspecified atom stereocenters. The number of likely N-dealkylation sites (N-methyl/N-ethyl adjacent to an activating group) is 1. The molecule has 1 heterocycles. The normalized spacial score (nSPS) is 20.0. The van der Waals surface area contributed by atoms with Gasteiger partial charge in [0.15, 0.2) is 0 Å². The van der Waals surface area contributed by atoms with Crippen molar-refractivity contribution in [3.05, 3.63) is 11.6 Å². The topological polar surface area (TPSA) is 32.3 Å². The lowest BCUT2D eigenvalue weighted by Gasteiger charge is -2.22. The first-order chi connectivity index (χ1) is 14.3. The SMILES string of the molecule is CCN1CCCC1CNC(=O)/C=C(\C)CCCC(C)CCCC(C)CCCC(C)C. The van der Waals surface area contributed by atoms with Gasteiger partial charge < -0.3 is 5.32 Å². The zero-order valence-corrected chi connectivity index (χ0v) is 21.1. The molecule has 1 aliphatic rings. The molecule has 3 nitrogen and oxygen atoms in total. The smallest absolute Gasteiger partial charge is 0.243 e. The van der Waals surface area contributed by atoms with E-state index in [2.05, 4.69) is 51.8 Å². The molecule has 1 amide bonds. The number of hydrogen-bond acceptors (Lipinski definition) is 2. The minimum absolute atomic E-state index is 0.0926. The Hall–Kier alpha value is -0.830. The molecular weight excluding hydrogens is 368 g/mol. The van der Waals surface area contributed by atoms with Crippen molar-refractivity contribution < 1.29 is 4.79 Å². The summed E-state index contributed by atoms with van der Waals surface area (Å²) in [6.45, 7) is 16.9. The van der Waals surface area contributed by atoms with Crippen LogP contribution in [0.25, 0.3) is 0 Å². The van der Waals surface area contributed by atoms with E-state index >= 15 is 0 Å². The van der Waals surface area contributed by atoms with Gasteiger partial charge in [0.2, 0.25) is 5.91 Å². The molecule has 1 aliphatic heterocycles. The quantitative estimate of drug-likeness (QED) is 0.273. The lowest BCUT2D eigenvalue weighted by atomic mass is 9.91. The summed E-state index contributed by atoms with van der Waals surface area (Å²) in [4.78, 5) is 14.7. The van der Waals surface area contributed by atoms with Crippen LogP contribution in [0.2, 0.25) is 0 Å². The van der Waals surface area contributed by atoms with Gasteiger partial charge in [0, 0.05) is 18.7 Å². The maximum atomic E-state index is 12.2. The van der Waals surface area contributed by atoms with Gasteiger partial charge in [-0.25, -0.2) is 0 Å². The molecule has 3 heteroatoms. The van der Waals surface area contributed by atoms with Gasteiger partial charge in [-0.05, 0) is 63.5 Å². The van der Waals surface area contributed by atoms with Gasteiger partial charge in [-0.3, -0.25) is 9.69 Å². The van der Waals surface area contributed by atoms with Gasteiger partial charge in [-0.1, -0.05) is 85.1 Å². The summed E-state index contributed by atoms with van der Waals surface area (Å²) in [5.41, 5.74) is 1.22. The molecule has 3 atom stereocenters.